The summed E-state index contributed by atoms with van der Waals surface area (Å²) < 4.78 is 5.54. The number of amides is 2. The molecule has 0 saturated carbocycles. The molecule has 1 atom stereocenters. The van der Waals surface area contributed by atoms with Crippen molar-refractivity contribution in [3.8, 4) is 0 Å². The van der Waals surface area contributed by atoms with E-state index < -0.39 is 0 Å². The summed E-state index contributed by atoms with van der Waals surface area (Å²) >= 11 is 0. The Hall–Kier alpha value is -2.73. The van der Waals surface area contributed by atoms with Gasteiger partial charge in [-0.3, -0.25) is 14.6 Å². The lowest BCUT2D eigenvalue weighted by Crippen LogP contribution is -2.42. The van der Waals surface area contributed by atoms with E-state index in [-0.39, 0.29) is 23.1 Å². The SMILES string of the molecule is O=C(Nc1cccnc1)[C@H]1CN(C(=O)c2ccccc2)CC12CCOCC2. The van der Waals surface area contributed by atoms with Gasteiger partial charge in [-0.1, -0.05) is 18.2 Å². The number of rotatable bonds is 3. The van der Waals surface area contributed by atoms with Crippen LogP contribution in [-0.2, 0) is 9.53 Å². The third-order valence-electron chi connectivity index (χ3n) is 5.69. The topological polar surface area (TPSA) is 71.5 Å². The summed E-state index contributed by atoms with van der Waals surface area (Å²) in [5.41, 5.74) is 1.11. The van der Waals surface area contributed by atoms with E-state index in [0.29, 0.717) is 37.6 Å². The Labute approximate surface area is 158 Å². The highest BCUT2D eigenvalue weighted by Crippen LogP contribution is 2.45. The lowest BCUT2D eigenvalue weighted by Gasteiger charge is -2.37. The maximum absolute atomic E-state index is 13.1. The lowest BCUT2D eigenvalue weighted by molar-refractivity contribution is -0.124. The zero-order valence-electron chi connectivity index (χ0n) is 15.1. The fourth-order valence-electron chi connectivity index (χ4n) is 4.20. The molecule has 1 aromatic heterocycles. The molecule has 27 heavy (non-hydrogen) atoms. The number of ether oxygens (including phenoxy) is 1. The Kier molecular flexibility index (Phi) is 4.90. The zero-order chi connectivity index (χ0) is 18.7. The Bertz CT molecular complexity index is 804. The van der Waals surface area contributed by atoms with Gasteiger partial charge in [0.1, 0.15) is 0 Å². The standard InChI is InChI=1S/C21H23N3O3/c25-19(23-17-7-4-10-22-13-17)18-14-24(15-21(18)8-11-27-12-9-21)20(26)16-5-2-1-3-6-16/h1-7,10,13,18H,8-9,11-12,14-15H2,(H,23,25)/t18-/m1/s1. The molecule has 140 valence electrons. The largest absolute Gasteiger partial charge is 0.381 e. The van der Waals surface area contributed by atoms with Gasteiger partial charge in [-0.05, 0) is 37.1 Å². The van der Waals surface area contributed by atoms with E-state index in [1.54, 1.807) is 18.5 Å². The second kappa shape index (κ2) is 7.48. The number of benzene rings is 1. The minimum atomic E-state index is -0.255. The van der Waals surface area contributed by atoms with E-state index in [1.807, 2.05) is 41.3 Å². The molecule has 6 nitrogen and oxygen atoms in total. The van der Waals surface area contributed by atoms with Crippen LogP contribution in [0.1, 0.15) is 23.2 Å². The monoisotopic (exact) mass is 365 g/mol. The first-order valence-corrected chi connectivity index (χ1v) is 9.31. The molecule has 1 N–H and O–H groups in total. The highest BCUT2D eigenvalue weighted by atomic mass is 16.5. The van der Waals surface area contributed by atoms with Gasteiger partial charge in [0.2, 0.25) is 5.91 Å². The van der Waals surface area contributed by atoms with Gasteiger partial charge in [0, 0.05) is 43.5 Å². The number of pyridine rings is 1. The Morgan fingerprint density at radius 3 is 2.59 bits per heavy atom. The minimum absolute atomic E-state index is 0.0156. The van der Waals surface area contributed by atoms with Crippen LogP contribution in [0.2, 0.25) is 0 Å². The molecule has 2 fully saturated rings. The van der Waals surface area contributed by atoms with Crippen LogP contribution in [0.4, 0.5) is 5.69 Å². The molecule has 2 aliphatic rings. The van der Waals surface area contributed by atoms with E-state index in [1.165, 1.54) is 0 Å². The van der Waals surface area contributed by atoms with Crippen LogP contribution in [0.5, 0.6) is 0 Å². The first kappa shape index (κ1) is 17.7. The molecule has 1 aromatic carbocycles. The number of carbonyl (C=O) groups is 2. The molecule has 0 radical (unpaired) electrons. The van der Waals surface area contributed by atoms with Crippen molar-refractivity contribution in [3.63, 3.8) is 0 Å². The van der Waals surface area contributed by atoms with Crippen molar-refractivity contribution in [1.82, 2.24) is 9.88 Å². The average molecular weight is 365 g/mol. The maximum atomic E-state index is 13.1. The van der Waals surface area contributed by atoms with Gasteiger partial charge in [0.15, 0.2) is 0 Å². The van der Waals surface area contributed by atoms with E-state index in [0.717, 1.165) is 12.8 Å². The predicted octanol–water partition coefficient (Wildman–Crippen LogP) is 2.59. The normalized spacial score (nSPS) is 21.2. The van der Waals surface area contributed by atoms with Crippen molar-refractivity contribution in [2.24, 2.45) is 11.3 Å². The maximum Gasteiger partial charge on any atom is 0.253 e. The highest BCUT2D eigenvalue weighted by Gasteiger charge is 2.51. The van der Waals surface area contributed by atoms with Crippen LogP contribution >= 0.6 is 0 Å². The van der Waals surface area contributed by atoms with Crippen LogP contribution in [0, 0.1) is 11.3 Å². The van der Waals surface area contributed by atoms with Gasteiger partial charge in [-0.25, -0.2) is 0 Å². The van der Waals surface area contributed by atoms with E-state index >= 15 is 0 Å². The van der Waals surface area contributed by atoms with Crippen LogP contribution in [-0.4, -0.2) is 48.0 Å². The molecule has 2 aromatic rings. The minimum Gasteiger partial charge on any atom is -0.381 e. The van der Waals surface area contributed by atoms with Gasteiger partial charge in [-0.15, -0.1) is 0 Å². The molecular weight excluding hydrogens is 342 g/mol. The smallest absolute Gasteiger partial charge is 0.253 e. The Balaban J connectivity index is 1.56. The molecular formula is C21H23N3O3. The average Bonchev–Trinajstić information content (AvgIpc) is 3.08. The quantitative estimate of drug-likeness (QED) is 0.908. The van der Waals surface area contributed by atoms with Crippen molar-refractivity contribution in [2.45, 2.75) is 12.8 Å². The fourth-order valence-corrected chi connectivity index (χ4v) is 4.20. The van der Waals surface area contributed by atoms with E-state index in [4.69, 9.17) is 4.74 Å². The molecule has 0 unspecified atom stereocenters. The van der Waals surface area contributed by atoms with Crippen LogP contribution < -0.4 is 5.32 Å². The van der Waals surface area contributed by atoms with Crippen LogP contribution in [0.3, 0.4) is 0 Å². The van der Waals surface area contributed by atoms with E-state index in [9.17, 15) is 9.59 Å². The number of hydrogen-bond donors (Lipinski definition) is 1. The van der Waals surface area contributed by atoms with Crippen LogP contribution in [0.25, 0.3) is 0 Å². The molecule has 1 spiro atoms. The fraction of sp³-hybridized carbons (Fsp3) is 0.381. The number of hydrogen-bond acceptors (Lipinski definition) is 4. The molecule has 4 rings (SSSR count). The second-order valence-corrected chi connectivity index (χ2v) is 7.31. The summed E-state index contributed by atoms with van der Waals surface area (Å²) in [6.07, 6.45) is 4.88. The molecule has 3 heterocycles. The van der Waals surface area contributed by atoms with Crippen molar-refractivity contribution >= 4 is 17.5 Å². The molecule has 2 amide bonds. The first-order valence-electron chi connectivity index (χ1n) is 9.31. The number of nitrogens with one attached hydrogen (secondary N) is 1. The van der Waals surface area contributed by atoms with Crippen molar-refractivity contribution in [3.05, 3.63) is 60.4 Å². The molecule has 2 aliphatic heterocycles. The van der Waals surface area contributed by atoms with Gasteiger partial charge in [0.25, 0.3) is 5.91 Å². The van der Waals surface area contributed by atoms with Crippen LogP contribution in [0.15, 0.2) is 54.9 Å². The summed E-state index contributed by atoms with van der Waals surface area (Å²) in [5, 5.41) is 2.97. The number of carbonyl (C=O) groups excluding carboxylic acids is 2. The Morgan fingerprint density at radius 2 is 1.89 bits per heavy atom. The van der Waals surface area contributed by atoms with Gasteiger partial charge < -0.3 is 15.0 Å². The third-order valence-corrected chi connectivity index (χ3v) is 5.69. The highest BCUT2D eigenvalue weighted by molar-refractivity contribution is 5.97. The molecule has 0 bridgehead atoms. The summed E-state index contributed by atoms with van der Waals surface area (Å²) in [6, 6.07) is 12.9. The van der Waals surface area contributed by atoms with Crippen molar-refractivity contribution < 1.29 is 14.3 Å². The molecule has 6 heteroatoms. The predicted molar refractivity (Wildman–Crippen MR) is 101 cm³/mol. The van der Waals surface area contributed by atoms with Gasteiger partial charge >= 0.3 is 0 Å². The second-order valence-electron chi connectivity index (χ2n) is 7.31. The third kappa shape index (κ3) is 3.57. The number of likely N-dealkylation sites (tertiary alicyclic amines) is 1. The lowest BCUT2D eigenvalue weighted by atomic mass is 9.71. The summed E-state index contributed by atoms with van der Waals surface area (Å²) in [7, 11) is 0. The summed E-state index contributed by atoms with van der Waals surface area (Å²) in [4.78, 5) is 31.9. The van der Waals surface area contributed by atoms with E-state index in [2.05, 4.69) is 10.3 Å². The number of nitrogens with zero attached hydrogens (tertiary/aromatic N) is 2. The number of aromatic nitrogens is 1. The van der Waals surface area contributed by atoms with Crippen molar-refractivity contribution in [2.75, 3.05) is 31.6 Å². The van der Waals surface area contributed by atoms with Gasteiger partial charge in [-0.2, -0.15) is 0 Å². The zero-order valence-corrected chi connectivity index (χ0v) is 15.1. The summed E-state index contributed by atoms with van der Waals surface area (Å²) in [5.74, 6) is -0.319. The number of anilines is 1. The summed E-state index contributed by atoms with van der Waals surface area (Å²) in [6.45, 7) is 2.28. The van der Waals surface area contributed by atoms with Crippen molar-refractivity contribution in [1.29, 1.82) is 0 Å². The van der Waals surface area contributed by atoms with Gasteiger partial charge in [0.05, 0.1) is 17.8 Å². The molecule has 2 saturated heterocycles. The first-order chi connectivity index (χ1) is 13.2. The Morgan fingerprint density at radius 1 is 1.11 bits per heavy atom. The molecule has 0 aliphatic carbocycles.